The fourth-order valence-electron chi connectivity index (χ4n) is 2.38. The molecule has 0 aliphatic rings. The van der Waals surface area contributed by atoms with Gasteiger partial charge in [0, 0.05) is 17.2 Å². The second-order valence-electron chi connectivity index (χ2n) is 5.45. The highest BCUT2D eigenvalue weighted by Gasteiger charge is 2.21. The number of nitrogens with zero attached hydrogens (tertiary/aromatic N) is 1. The largest absolute Gasteiger partial charge is 0.496 e. The van der Waals surface area contributed by atoms with Crippen LogP contribution < -0.4 is 14.2 Å². The zero-order valence-corrected chi connectivity index (χ0v) is 16.6. The molecule has 0 radical (unpaired) electrons. The van der Waals surface area contributed by atoms with E-state index in [2.05, 4.69) is 0 Å². The minimum Gasteiger partial charge on any atom is -0.496 e. The minimum atomic E-state index is -3.89. The van der Waals surface area contributed by atoms with Gasteiger partial charge in [0.05, 0.1) is 32.6 Å². The average molecular weight is 408 g/mol. The first-order valence-electron chi connectivity index (χ1n) is 7.73. The number of halogens is 1. The molecule has 0 aromatic heterocycles. The van der Waals surface area contributed by atoms with Crippen LogP contribution in [0.3, 0.4) is 0 Å². The predicted octanol–water partition coefficient (Wildman–Crippen LogP) is 3.85. The number of hydrogen-bond acceptors (Lipinski definition) is 6. The summed E-state index contributed by atoms with van der Waals surface area (Å²) in [6.07, 6.45) is 1.24. The molecule has 0 fully saturated rings. The van der Waals surface area contributed by atoms with Crippen molar-refractivity contribution in [3.05, 3.63) is 57.5 Å². The molecule has 0 aliphatic carbocycles. The summed E-state index contributed by atoms with van der Waals surface area (Å²) in [5.41, 5.74) is 0.853. The Balaban J connectivity index is 2.51. The van der Waals surface area contributed by atoms with Crippen LogP contribution in [0, 0.1) is 11.3 Å². The molecule has 0 atom stereocenters. The van der Waals surface area contributed by atoms with Gasteiger partial charge in [-0.15, -0.1) is 0 Å². The molecular formula is C19H18ClNO5S. The molecule has 0 bridgehead atoms. The van der Waals surface area contributed by atoms with Gasteiger partial charge < -0.3 is 14.2 Å². The van der Waals surface area contributed by atoms with Gasteiger partial charge in [-0.3, -0.25) is 0 Å². The van der Waals surface area contributed by atoms with E-state index in [1.54, 1.807) is 42.5 Å². The number of benzene rings is 2. The molecule has 0 spiro atoms. The lowest BCUT2D eigenvalue weighted by Gasteiger charge is -2.13. The fourth-order valence-corrected chi connectivity index (χ4v) is 3.72. The Kier molecular flexibility index (Phi) is 6.72. The van der Waals surface area contributed by atoms with Crippen molar-refractivity contribution >= 4 is 27.5 Å². The maximum Gasteiger partial charge on any atom is 0.192 e. The molecule has 6 nitrogen and oxygen atoms in total. The van der Waals surface area contributed by atoms with E-state index >= 15 is 0 Å². The molecule has 2 aromatic rings. The van der Waals surface area contributed by atoms with Crippen molar-refractivity contribution < 1.29 is 22.6 Å². The second-order valence-corrected chi connectivity index (χ2v) is 7.85. The van der Waals surface area contributed by atoms with Crippen molar-refractivity contribution in [2.75, 3.05) is 21.3 Å². The molecule has 2 rings (SSSR count). The molecule has 0 aliphatic heterocycles. The summed E-state index contributed by atoms with van der Waals surface area (Å²) in [6, 6.07) is 11.3. The Labute approximate surface area is 163 Å². The third kappa shape index (κ3) is 4.94. The maximum absolute atomic E-state index is 12.7. The summed E-state index contributed by atoms with van der Waals surface area (Å²) in [5, 5.41) is 9.95. The Bertz CT molecular complexity index is 967. The van der Waals surface area contributed by atoms with E-state index < -0.39 is 14.7 Å². The standard InChI is InChI=1S/C19H18ClNO5S/c1-24-15-8-18(25-2)17(19(9-15)26-3)10-16(11-21)27(22,23)12-13-4-6-14(20)7-5-13/h4-10H,12H2,1-3H3/b16-10+. The third-order valence-corrected chi connectivity index (χ3v) is 5.59. The molecule has 2 aromatic carbocycles. The van der Waals surface area contributed by atoms with Crippen molar-refractivity contribution in [2.45, 2.75) is 5.75 Å². The topological polar surface area (TPSA) is 85.6 Å². The van der Waals surface area contributed by atoms with Gasteiger partial charge in [-0.05, 0) is 23.8 Å². The van der Waals surface area contributed by atoms with Crippen LogP contribution in [-0.4, -0.2) is 29.7 Å². The van der Waals surface area contributed by atoms with Crippen LogP contribution in [0.1, 0.15) is 11.1 Å². The smallest absolute Gasteiger partial charge is 0.192 e. The number of nitriles is 1. The van der Waals surface area contributed by atoms with E-state index in [-0.39, 0.29) is 5.75 Å². The lowest BCUT2D eigenvalue weighted by molar-refractivity contribution is 0.374. The van der Waals surface area contributed by atoms with E-state index in [0.717, 1.165) is 0 Å². The van der Waals surface area contributed by atoms with Crippen LogP contribution in [0.5, 0.6) is 17.2 Å². The van der Waals surface area contributed by atoms with Crippen molar-refractivity contribution in [3.8, 4) is 23.3 Å². The summed E-state index contributed by atoms with van der Waals surface area (Å²) in [7, 11) is 0.460. The molecule has 0 heterocycles. The van der Waals surface area contributed by atoms with Crippen molar-refractivity contribution in [1.29, 1.82) is 5.26 Å². The van der Waals surface area contributed by atoms with Crippen molar-refractivity contribution in [1.82, 2.24) is 0 Å². The van der Waals surface area contributed by atoms with Crippen molar-refractivity contribution in [2.24, 2.45) is 0 Å². The average Bonchev–Trinajstić information content (AvgIpc) is 2.66. The summed E-state index contributed by atoms with van der Waals surface area (Å²) in [6.45, 7) is 0. The maximum atomic E-state index is 12.7. The third-order valence-electron chi connectivity index (χ3n) is 3.74. The van der Waals surface area contributed by atoms with Crippen LogP contribution in [0.4, 0.5) is 0 Å². The molecule has 0 unspecified atom stereocenters. The van der Waals surface area contributed by atoms with E-state index in [4.69, 9.17) is 25.8 Å². The van der Waals surface area contributed by atoms with Gasteiger partial charge in [0.2, 0.25) is 0 Å². The van der Waals surface area contributed by atoms with E-state index in [1.165, 1.54) is 27.4 Å². The summed E-state index contributed by atoms with van der Waals surface area (Å²) < 4.78 is 41.2. The van der Waals surface area contributed by atoms with E-state index in [1.807, 2.05) is 0 Å². The van der Waals surface area contributed by atoms with Crippen LogP contribution in [0.15, 0.2) is 41.3 Å². The number of rotatable bonds is 7. The van der Waals surface area contributed by atoms with Crippen molar-refractivity contribution in [3.63, 3.8) is 0 Å². The van der Waals surface area contributed by atoms with E-state index in [9.17, 15) is 13.7 Å². The second kappa shape index (κ2) is 8.80. The van der Waals surface area contributed by atoms with Gasteiger partial charge in [-0.2, -0.15) is 5.26 Å². The number of ether oxygens (including phenoxy) is 3. The molecule has 0 saturated heterocycles. The normalized spacial score (nSPS) is 11.6. The highest BCUT2D eigenvalue weighted by atomic mass is 35.5. The minimum absolute atomic E-state index is 0.320. The number of allylic oxidation sites excluding steroid dienone is 1. The van der Waals surface area contributed by atoms with Crippen LogP contribution >= 0.6 is 11.6 Å². The van der Waals surface area contributed by atoms with Gasteiger partial charge >= 0.3 is 0 Å². The van der Waals surface area contributed by atoms with Crippen LogP contribution in [0.25, 0.3) is 6.08 Å². The monoisotopic (exact) mass is 407 g/mol. The zero-order chi connectivity index (χ0) is 20.0. The Hall–Kier alpha value is -2.69. The molecule has 0 saturated carbocycles. The first-order chi connectivity index (χ1) is 12.8. The molecular weight excluding hydrogens is 390 g/mol. The zero-order valence-electron chi connectivity index (χ0n) is 15.0. The Morgan fingerprint density at radius 2 is 1.63 bits per heavy atom. The van der Waals surface area contributed by atoms with Gasteiger partial charge in [-0.1, -0.05) is 23.7 Å². The lowest BCUT2D eigenvalue weighted by atomic mass is 10.1. The van der Waals surface area contributed by atoms with Crippen LogP contribution in [-0.2, 0) is 15.6 Å². The highest BCUT2D eigenvalue weighted by molar-refractivity contribution is 7.95. The fraction of sp³-hybridized carbons (Fsp3) is 0.211. The highest BCUT2D eigenvalue weighted by Crippen LogP contribution is 2.36. The van der Waals surface area contributed by atoms with Gasteiger partial charge in [-0.25, -0.2) is 8.42 Å². The van der Waals surface area contributed by atoms with Crippen LogP contribution in [0.2, 0.25) is 5.02 Å². The first-order valence-corrected chi connectivity index (χ1v) is 9.76. The van der Waals surface area contributed by atoms with Gasteiger partial charge in [0.25, 0.3) is 0 Å². The Morgan fingerprint density at radius 1 is 1.07 bits per heavy atom. The number of hydrogen-bond donors (Lipinski definition) is 0. The van der Waals surface area contributed by atoms with E-state index in [0.29, 0.717) is 33.4 Å². The summed E-state index contributed by atoms with van der Waals surface area (Å²) in [4.78, 5) is -0.404. The Morgan fingerprint density at radius 3 is 2.07 bits per heavy atom. The molecule has 27 heavy (non-hydrogen) atoms. The summed E-state index contributed by atoms with van der Waals surface area (Å²) >= 11 is 5.82. The molecule has 8 heteroatoms. The van der Waals surface area contributed by atoms with Gasteiger partial charge in [0.1, 0.15) is 28.2 Å². The van der Waals surface area contributed by atoms with Gasteiger partial charge in [0.15, 0.2) is 9.84 Å². The quantitative estimate of drug-likeness (QED) is 0.648. The SMILES string of the molecule is COc1cc(OC)c(/C=C(\C#N)S(=O)(=O)Cc2ccc(Cl)cc2)c(OC)c1. The molecule has 142 valence electrons. The predicted molar refractivity (Wildman–Crippen MR) is 104 cm³/mol. The lowest BCUT2D eigenvalue weighted by Crippen LogP contribution is -2.07. The number of methoxy groups -OCH3 is 3. The molecule has 0 amide bonds. The number of sulfone groups is 1. The first kappa shape index (κ1) is 20.6. The summed E-state index contributed by atoms with van der Waals surface area (Å²) in [5.74, 6) is 0.786. The molecule has 0 N–H and O–H groups in total.